The van der Waals surface area contributed by atoms with Crippen LogP contribution in [0.5, 0.6) is 6.01 Å². The van der Waals surface area contributed by atoms with E-state index < -0.39 is 0 Å². The number of amides is 1. The highest BCUT2D eigenvalue weighted by atomic mass is 32.2. The van der Waals surface area contributed by atoms with E-state index in [1.807, 2.05) is 11.8 Å². The third kappa shape index (κ3) is 6.29. The Hall–Kier alpha value is -3.09. The normalized spacial score (nSPS) is 23.0. The number of nitrogens with zero attached hydrogens (tertiary/aromatic N) is 6. The monoisotopic (exact) mass is 560 g/mol. The quantitative estimate of drug-likeness (QED) is 0.441. The van der Waals surface area contributed by atoms with Crippen molar-refractivity contribution in [1.29, 1.82) is 5.26 Å². The van der Waals surface area contributed by atoms with E-state index in [1.165, 1.54) is 34.1 Å². The maximum atomic E-state index is 12.5. The molecule has 3 atom stereocenters. The van der Waals surface area contributed by atoms with Gasteiger partial charge in [-0.25, -0.2) is 0 Å². The van der Waals surface area contributed by atoms with E-state index >= 15 is 0 Å². The molecule has 2 unspecified atom stereocenters. The van der Waals surface area contributed by atoms with Gasteiger partial charge in [0.15, 0.2) is 0 Å². The lowest BCUT2D eigenvalue weighted by molar-refractivity contribution is -0.128. The summed E-state index contributed by atoms with van der Waals surface area (Å²) in [6.07, 6.45) is 6.73. The molecule has 40 heavy (non-hydrogen) atoms. The van der Waals surface area contributed by atoms with Crippen molar-refractivity contribution >= 4 is 23.5 Å². The van der Waals surface area contributed by atoms with Crippen molar-refractivity contribution in [2.45, 2.75) is 74.6 Å². The maximum absolute atomic E-state index is 12.5. The molecular weight excluding hydrogens is 520 g/mol. The minimum atomic E-state index is -0.206. The molecular formula is C31H40N6O2S. The average Bonchev–Trinajstić information content (AvgIpc) is 3.37. The molecule has 3 aliphatic rings. The fraction of sp³-hybridized carbons (Fsp3) is 0.548. The molecule has 2 saturated heterocycles. The number of hydrogen-bond acceptors (Lipinski definition) is 8. The van der Waals surface area contributed by atoms with Crippen molar-refractivity contribution in [3.8, 4) is 12.1 Å². The van der Waals surface area contributed by atoms with Gasteiger partial charge in [0.1, 0.15) is 12.4 Å². The number of likely N-dealkylation sites (tertiary alicyclic amines) is 1. The Morgan fingerprint density at radius 3 is 2.80 bits per heavy atom. The molecule has 5 rings (SSSR count). The number of aryl methyl sites for hydroxylation is 2. The van der Waals surface area contributed by atoms with Crippen LogP contribution in [0.2, 0.25) is 0 Å². The smallest absolute Gasteiger partial charge is 0.318 e. The second-order valence-electron chi connectivity index (χ2n) is 11.3. The van der Waals surface area contributed by atoms with Gasteiger partial charge in [-0.3, -0.25) is 4.79 Å². The molecule has 0 radical (unpaired) electrons. The third-order valence-electron chi connectivity index (χ3n) is 8.46. The van der Waals surface area contributed by atoms with Crippen LogP contribution < -0.4 is 9.64 Å². The number of carbonyl (C=O) groups excluding carboxylic acids is 1. The highest BCUT2D eigenvalue weighted by Gasteiger charge is 2.34. The summed E-state index contributed by atoms with van der Waals surface area (Å²) in [5.41, 5.74) is 4.85. The van der Waals surface area contributed by atoms with Crippen molar-refractivity contribution in [2.24, 2.45) is 0 Å². The highest BCUT2D eigenvalue weighted by molar-refractivity contribution is 8.00. The summed E-state index contributed by atoms with van der Waals surface area (Å²) in [7, 11) is 2.15. The van der Waals surface area contributed by atoms with Gasteiger partial charge >= 0.3 is 6.01 Å². The number of anilines is 1. The topological polar surface area (TPSA) is 85.6 Å². The summed E-state index contributed by atoms with van der Waals surface area (Å²) in [5, 5.41) is 9.91. The van der Waals surface area contributed by atoms with Gasteiger partial charge < -0.3 is 19.4 Å². The molecule has 3 heterocycles. The van der Waals surface area contributed by atoms with Crippen molar-refractivity contribution < 1.29 is 9.53 Å². The Kier molecular flexibility index (Phi) is 8.97. The van der Waals surface area contributed by atoms with Gasteiger partial charge in [-0.2, -0.15) is 15.2 Å². The Morgan fingerprint density at radius 2 is 2.08 bits per heavy atom. The first-order valence-electron chi connectivity index (χ1n) is 14.4. The molecule has 8 nitrogen and oxygen atoms in total. The van der Waals surface area contributed by atoms with Crippen LogP contribution in [0.4, 0.5) is 5.82 Å². The van der Waals surface area contributed by atoms with Gasteiger partial charge in [-0.05, 0) is 70.8 Å². The number of fused-ring (bicyclic) bond motifs is 1. The summed E-state index contributed by atoms with van der Waals surface area (Å²) in [6, 6.07) is 9.55. The van der Waals surface area contributed by atoms with Crippen molar-refractivity contribution in [3.05, 3.63) is 53.2 Å². The molecule has 212 valence electrons. The first kappa shape index (κ1) is 28.4. The third-order valence-corrected chi connectivity index (χ3v) is 9.90. The van der Waals surface area contributed by atoms with Gasteiger partial charge in [0, 0.05) is 47.8 Å². The standard InChI is InChI=1S/C31H40N6O2S/c1-5-29(38)37-16-15-36(19-23(37)12-13-32)30-26-10-9-25(40-28-11-8-21(2)17-22(28)3)18-27(26)33-31(34-30)39-20-24-7-6-14-35(24)4/h5,8,11,17,23-25H,1,6-7,9-10,12,14-16,18-20H2,2-4H3/t23?,24?,25-/m1/s1. The molecule has 0 bridgehead atoms. The predicted octanol–water partition coefficient (Wildman–Crippen LogP) is 4.33. The van der Waals surface area contributed by atoms with Crippen LogP contribution in [0.3, 0.4) is 0 Å². The molecule has 1 aromatic heterocycles. The second kappa shape index (κ2) is 12.6. The van der Waals surface area contributed by atoms with Crippen molar-refractivity contribution in [2.75, 3.05) is 44.7 Å². The van der Waals surface area contributed by atoms with E-state index in [0.717, 1.165) is 43.7 Å². The molecule has 2 aromatic rings. The number of nitriles is 1. The van der Waals surface area contributed by atoms with Crippen LogP contribution in [0.25, 0.3) is 0 Å². The zero-order valence-corrected chi connectivity index (χ0v) is 24.8. The van der Waals surface area contributed by atoms with E-state index in [1.54, 1.807) is 4.90 Å². The second-order valence-corrected chi connectivity index (χ2v) is 12.6. The number of ether oxygens (including phenoxy) is 1. The SMILES string of the molecule is C=CC(=O)N1CCN(c2nc(OCC3CCCN3C)nc3c2CC[C@@H](Sc2ccc(C)cc2C)C3)CC1CC#N. The molecule has 0 saturated carbocycles. The summed E-state index contributed by atoms with van der Waals surface area (Å²) in [6.45, 7) is 11.4. The number of benzene rings is 1. The molecule has 0 spiro atoms. The minimum Gasteiger partial charge on any atom is -0.462 e. The van der Waals surface area contributed by atoms with Gasteiger partial charge in [0.05, 0.1) is 24.2 Å². The summed E-state index contributed by atoms with van der Waals surface area (Å²) < 4.78 is 6.27. The van der Waals surface area contributed by atoms with Crippen LogP contribution >= 0.6 is 11.8 Å². The fourth-order valence-electron chi connectivity index (χ4n) is 6.18. The van der Waals surface area contributed by atoms with Gasteiger partial charge in [-0.15, -0.1) is 11.8 Å². The van der Waals surface area contributed by atoms with E-state index in [2.05, 4.69) is 61.5 Å². The van der Waals surface area contributed by atoms with E-state index in [9.17, 15) is 10.1 Å². The average molecular weight is 561 g/mol. The lowest BCUT2D eigenvalue weighted by atomic mass is 9.95. The van der Waals surface area contributed by atoms with E-state index in [-0.39, 0.29) is 18.4 Å². The van der Waals surface area contributed by atoms with Crippen LogP contribution in [-0.4, -0.2) is 82.8 Å². The Balaban J connectivity index is 1.41. The molecule has 9 heteroatoms. The summed E-state index contributed by atoms with van der Waals surface area (Å²) >= 11 is 1.95. The molecule has 2 fully saturated rings. The number of hydrogen-bond donors (Lipinski definition) is 0. The molecule has 1 aliphatic carbocycles. The number of rotatable bonds is 8. The Bertz CT molecular complexity index is 1290. The van der Waals surface area contributed by atoms with Crippen LogP contribution in [0, 0.1) is 25.2 Å². The lowest BCUT2D eigenvalue weighted by Crippen LogP contribution is -2.55. The zero-order valence-electron chi connectivity index (χ0n) is 23.9. The number of carbonyl (C=O) groups is 1. The van der Waals surface area contributed by atoms with Gasteiger partial charge in [0.25, 0.3) is 0 Å². The molecule has 1 aromatic carbocycles. The number of thioether (sulfide) groups is 1. The summed E-state index contributed by atoms with van der Waals surface area (Å²) in [5.74, 6) is 0.781. The Labute approximate surface area is 242 Å². The molecule has 0 N–H and O–H groups in total. The van der Waals surface area contributed by atoms with Gasteiger partial charge in [-0.1, -0.05) is 24.3 Å². The number of piperazine rings is 1. The molecule has 2 aliphatic heterocycles. The minimum absolute atomic E-state index is 0.124. The number of likely N-dealkylation sites (N-methyl/N-ethyl adjacent to an activating group) is 1. The van der Waals surface area contributed by atoms with E-state index in [0.29, 0.717) is 43.5 Å². The largest absolute Gasteiger partial charge is 0.462 e. The number of aromatic nitrogens is 2. The summed E-state index contributed by atoms with van der Waals surface area (Å²) in [4.78, 5) is 30.1. The van der Waals surface area contributed by atoms with Crippen LogP contribution in [0.15, 0.2) is 35.7 Å². The van der Waals surface area contributed by atoms with Crippen LogP contribution in [0.1, 0.15) is 48.1 Å². The first-order chi connectivity index (χ1) is 19.4. The van der Waals surface area contributed by atoms with Gasteiger partial charge in [0.2, 0.25) is 5.91 Å². The first-order valence-corrected chi connectivity index (χ1v) is 15.3. The fourth-order valence-corrected chi connectivity index (χ4v) is 7.40. The lowest BCUT2D eigenvalue weighted by Gasteiger charge is -2.42. The Morgan fingerprint density at radius 1 is 1.23 bits per heavy atom. The van der Waals surface area contributed by atoms with Crippen molar-refractivity contribution in [1.82, 2.24) is 19.8 Å². The van der Waals surface area contributed by atoms with Crippen molar-refractivity contribution in [3.63, 3.8) is 0 Å². The van der Waals surface area contributed by atoms with Crippen LogP contribution in [-0.2, 0) is 17.6 Å². The zero-order chi connectivity index (χ0) is 28.2. The maximum Gasteiger partial charge on any atom is 0.318 e. The highest BCUT2D eigenvalue weighted by Crippen LogP contribution is 2.38. The van der Waals surface area contributed by atoms with E-state index in [4.69, 9.17) is 14.7 Å². The molecule has 1 amide bonds. The predicted molar refractivity (Wildman–Crippen MR) is 159 cm³/mol.